The minimum absolute atomic E-state index is 0.239. The van der Waals surface area contributed by atoms with Crippen LogP contribution < -0.4 is 4.31 Å². The van der Waals surface area contributed by atoms with Gasteiger partial charge >= 0.3 is 5.97 Å². The van der Waals surface area contributed by atoms with Gasteiger partial charge in [-0.25, -0.2) is 18.2 Å². The highest BCUT2D eigenvalue weighted by Gasteiger charge is 2.36. The van der Waals surface area contributed by atoms with Crippen molar-refractivity contribution >= 4 is 44.5 Å². The Bertz CT molecular complexity index is 1460. The SMILES string of the molecule is CC(C)(C)C(C(=O)O)n1c(SCCCN(c2ccccc2)S(=O)(=O)c2ccccc2)nc2ccccc21. The van der Waals surface area contributed by atoms with E-state index < -0.39 is 27.4 Å². The van der Waals surface area contributed by atoms with Crippen molar-refractivity contribution < 1.29 is 18.3 Å². The lowest BCUT2D eigenvalue weighted by Gasteiger charge is -2.30. The van der Waals surface area contributed by atoms with E-state index in [0.29, 0.717) is 23.0 Å². The molecule has 0 aliphatic carbocycles. The molecule has 0 spiro atoms. The van der Waals surface area contributed by atoms with E-state index in [1.165, 1.54) is 16.1 Å². The third-order valence-corrected chi connectivity index (χ3v) is 8.87. The Morgan fingerprint density at radius 2 is 1.57 bits per heavy atom. The second-order valence-electron chi connectivity index (χ2n) is 9.79. The third kappa shape index (κ3) is 5.83. The highest BCUT2D eigenvalue weighted by Crippen LogP contribution is 2.37. The molecule has 1 atom stereocenters. The van der Waals surface area contributed by atoms with Crippen molar-refractivity contribution in [1.29, 1.82) is 0 Å². The lowest BCUT2D eigenvalue weighted by molar-refractivity contribution is -0.144. The second kappa shape index (κ2) is 11.0. The molecule has 7 nitrogen and oxygen atoms in total. The first kappa shape index (κ1) is 26.8. The number of hydrogen-bond acceptors (Lipinski definition) is 5. The lowest BCUT2D eigenvalue weighted by atomic mass is 9.86. The van der Waals surface area contributed by atoms with Gasteiger partial charge in [-0.3, -0.25) is 4.31 Å². The minimum atomic E-state index is -3.75. The number of nitrogens with zero attached hydrogens (tertiary/aromatic N) is 3. The molecule has 0 radical (unpaired) electrons. The second-order valence-corrected chi connectivity index (χ2v) is 12.7. The molecule has 4 rings (SSSR count). The number of hydrogen-bond donors (Lipinski definition) is 1. The van der Waals surface area contributed by atoms with Crippen LogP contribution in [-0.2, 0) is 14.8 Å². The standard InChI is InChI=1S/C28H31N3O4S2/c1-28(2,3)25(26(32)33)31-24-18-11-10-17-23(24)29-27(31)36-20-12-19-30(21-13-6-4-7-14-21)37(34,35)22-15-8-5-9-16-22/h4-11,13-18,25H,12,19-20H2,1-3H3,(H,32,33). The summed E-state index contributed by atoms with van der Waals surface area (Å²) in [5.41, 5.74) is 1.56. The van der Waals surface area contributed by atoms with Crippen LogP contribution in [0.3, 0.4) is 0 Å². The van der Waals surface area contributed by atoms with Gasteiger partial charge in [-0.05, 0) is 48.2 Å². The topological polar surface area (TPSA) is 92.5 Å². The summed E-state index contributed by atoms with van der Waals surface area (Å²) in [6, 6.07) is 24.2. The zero-order chi connectivity index (χ0) is 26.6. The average Bonchev–Trinajstić information content (AvgIpc) is 3.21. The van der Waals surface area contributed by atoms with Gasteiger partial charge in [0.25, 0.3) is 10.0 Å². The van der Waals surface area contributed by atoms with E-state index in [1.54, 1.807) is 47.0 Å². The molecule has 0 aliphatic heterocycles. The van der Waals surface area contributed by atoms with Gasteiger partial charge in [0.2, 0.25) is 0 Å². The van der Waals surface area contributed by atoms with Crippen LogP contribution in [0.4, 0.5) is 5.69 Å². The number of anilines is 1. The summed E-state index contributed by atoms with van der Waals surface area (Å²) in [5.74, 6) is -0.352. The van der Waals surface area contributed by atoms with Gasteiger partial charge < -0.3 is 9.67 Å². The zero-order valence-corrected chi connectivity index (χ0v) is 22.7. The molecule has 0 saturated heterocycles. The fraction of sp³-hybridized carbons (Fsp3) is 0.286. The lowest BCUT2D eigenvalue weighted by Crippen LogP contribution is -2.32. The number of benzene rings is 3. The van der Waals surface area contributed by atoms with E-state index in [2.05, 4.69) is 0 Å². The van der Waals surface area contributed by atoms with Crippen molar-refractivity contribution in [2.45, 2.75) is 43.3 Å². The first-order valence-electron chi connectivity index (χ1n) is 12.1. The van der Waals surface area contributed by atoms with Gasteiger partial charge in [-0.15, -0.1) is 0 Å². The predicted octanol–water partition coefficient (Wildman–Crippen LogP) is 6.09. The average molecular weight is 538 g/mol. The smallest absolute Gasteiger partial charge is 0.327 e. The zero-order valence-electron chi connectivity index (χ0n) is 21.1. The molecule has 1 unspecified atom stereocenters. The summed E-state index contributed by atoms with van der Waals surface area (Å²) >= 11 is 1.45. The number of carboxylic acids is 1. The fourth-order valence-electron chi connectivity index (χ4n) is 4.32. The van der Waals surface area contributed by atoms with Crippen LogP contribution in [0.25, 0.3) is 11.0 Å². The number of aromatic nitrogens is 2. The highest BCUT2D eigenvalue weighted by atomic mass is 32.2. The van der Waals surface area contributed by atoms with Gasteiger partial charge in [0, 0.05) is 12.3 Å². The third-order valence-electron chi connectivity index (χ3n) is 5.99. The van der Waals surface area contributed by atoms with Crippen LogP contribution in [0.15, 0.2) is 95.0 Å². The van der Waals surface area contributed by atoms with Crippen LogP contribution in [0.2, 0.25) is 0 Å². The predicted molar refractivity (Wildman–Crippen MR) is 149 cm³/mol. The van der Waals surface area contributed by atoms with E-state index in [1.807, 2.05) is 63.2 Å². The molecule has 0 fully saturated rings. The van der Waals surface area contributed by atoms with Gasteiger partial charge in [-0.1, -0.05) is 81.1 Å². The first-order chi connectivity index (χ1) is 17.6. The van der Waals surface area contributed by atoms with E-state index in [9.17, 15) is 18.3 Å². The quantitative estimate of drug-likeness (QED) is 0.195. The maximum absolute atomic E-state index is 13.5. The first-order valence-corrected chi connectivity index (χ1v) is 14.5. The summed E-state index contributed by atoms with van der Waals surface area (Å²) in [4.78, 5) is 17.3. The molecule has 37 heavy (non-hydrogen) atoms. The normalized spacial score (nSPS) is 12.9. The number of para-hydroxylation sites is 3. The van der Waals surface area contributed by atoms with Gasteiger partial charge in [-0.2, -0.15) is 0 Å². The molecular weight excluding hydrogens is 506 g/mol. The van der Waals surface area contributed by atoms with Crippen molar-refractivity contribution in [2.75, 3.05) is 16.6 Å². The summed E-state index contributed by atoms with van der Waals surface area (Å²) in [7, 11) is -3.75. The van der Waals surface area contributed by atoms with Crippen molar-refractivity contribution in [2.24, 2.45) is 5.41 Å². The van der Waals surface area contributed by atoms with E-state index >= 15 is 0 Å². The molecule has 4 aromatic rings. The molecule has 3 aromatic carbocycles. The summed E-state index contributed by atoms with van der Waals surface area (Å²) in [6.07, 6.45) is 0.544. The van der Waals surface area contributed by atoms with Crippen molar-refractivity contribution in [3.63, 3.8) is 0 Å². The van der Waals surface area contributed by atoms with E-state index in [0.717, 1.165) is 11.0 Å². The van der Waals surface area contributed by atoms with E-state index in [4.69, 9.17) is 4.98 Å². The van der Waals surface area contributed by atoms with Crippen LogP contribution >= 0.6 is 11.8 Å². The molecule has 1 aromatic heterocycles. The highest BCUT2D eigenvalue weighted by molar-refractivity contribution is 7.99. The molecule has 194 valence electrons. The summed E-state index contributed by atoms with van der Waals surface area (Å²) in [6.45, 7) is 5.99. The largest absolute Gasteiger partial charge is 0.480 e. The number of sulfonamides is 1. The van der Waals surface area contributed by atoms with Gasteiger partial charge in [0.1, 0.15) is 6.04 Å². The van der Waals surface area contributed by atoms with Crippen LogP contribution in [0.1, 0.15) is 33.2 Å². The molecule has 0 aliphatic rings. The Hall–Kier alpha value is -3.30. The Balaban J connectivity index is 1.59. The molecule has 0 saturated carbocycles. The maximum Gasteiger partial charge on any atom is 0.327 e. The van der Waals surface area contributed by atoms with Crippen LogP contribution in [-0.4, -0.2) is 41.3 Å². The fourth-order valence-corrected chi connectivity index (χ4v) is 6.80. The number of carboxylic acid groups (broad SMARTS) is 1. The van der Waals surface area contributed by atoms with Crippen molar-refractivity contribution in [1.82, 2.24) is 9.55 Å². The Morgan fingerprint density at radius 3 is 2.19 bits per heavy atom. The summed E-state index contributed by atoms with van der Waals surface area (Å²) in [5, 5.41) is 10.7. The van der Waals surface area contributed by atoms with Crippen LogP contribution in [0, 0.1) is 5.41 Å². The van der Waals surface area contributed by atoms with Gasteiger partial charge in [0.05, 0.1) is 21.6 Å². The summed E-state index contributed by atoms with van der Waals surface area (Å²) < 4.78 is 30.2. The number of thioether (sulfide) groups is 1. The van der Waals surface area contributed by atoms with Crippen LogP contribution in [0.5, 0.6) is 0 Å². The number of imidazole rings is 1. The van der Waals surface area contributed by atoms with Crippen molar-refractivity contribution in [3.05, 3.63) is 84.9 Å². The number of carbonyl (C=O) groups is 1. The van der Waals surface area contributed by atoms with E-state index in [-0.39, 0.29) is 11.4 Å². The van der Waals surface area contributed by atoms with Crippen molar-refractivity contribution in [3.8, 4) is 0 Å². The Morgan fingerprint density at radius 1 is 0.973 bits per heavy atom. The monoisotopic (exact) mass is 537 g/mol. The maximum atomic E-state index is 13.5. The molecule has 0 amide bonds. The molecule has 0 bridgehead atoms. The molecule has 9 heteroatoms. The molecule has 1 heterocycles. The number of aliphatic carboxylic acids is 1. The van der Waals surface area contributed by atoms with Gasteiger partial charge in [0.15, 0.2) is 5.16 Å². The Labute approximate surface area is 222 Å². The number of rotatable bonds is 10. The number of fused-ring (bicyclic) bond motifs is 1. The Kier molecular flexibility index (Phi) is 7.94. The minimum Gasteiger partial charge on any atom is -0.480 e. The molecular formula is C28H31N3O4S2. The molecule has 1 N–H and O–H groups in total.